The Morgan fingerprint density at radius 1 is 0.833 bits per heavy atom. The first-order valence-corrected chi connectivity index (χ1v) is 5.68. The summed E-state index contributed by atoms with van der Waals surface area (Å²) < 4.78 is 0. The van der Waals surface area contributed by atoms with Crippen LogP contribution in [0.2, 0.25) is 0 Å². The molecule has 0 spiro atoms. The van der Waals surface area contributed by atoms with Crippen LogP contribution in [0.15, 0.2) is 0 Å². The smallest absolute Gasteiger partial charge is 0.0420 e. The number of hydrogen-bond acceptors (Lipinski definition) is 0. The van der Waals surface area contributed by atoms with Crippen LogP contribution in [0.5, 0.6) is 0 Å². The summed E-state index contributed by atoms with van der Waals surface area (Å²) in [5, 5.41) is 0. The molecule has 0 rings (SSSR count). The Hall–Kier alpha value is 0. The topological polar surface area (TPSA) is 0 Å². The van der Waals surface area contributed by atoms with Gasteiger partial charge in [0, 0.05) is 0 Å². The molecule has 0 radical (unpaired) electrons. The summed E-state index contributed by atoms with van der Waals surface area (Å²) in [7, 11) is 0. The Morgan fingerprint density at radius 2 is 1.17 bits per heavy atom. The molecule has 0 aliphatic rings. The third kappa shape index (κ3) is 16.5. The van der Waals surface area contributed by atoms with Crippen LogP contribution >= 0.6 is 0 Å². The van der Waals surface area contributed by atoms with Gasteiger partial charge in [-0.15, -0.1) is 0 Å². The van der Waals surface area contributed by atoms with Gasteiger partial charge < -0.3 is 0 Å². The van der Waals surface area contributed by atoms with Crippen molar-refractivity contribution in [1.29, 1.82) is 0 Å². The molecule has 1 atom stereocenters. The van der Waals surface area contributed by atoms with Gasteiger partial charge in [0.15, 0.2) is 0 Å². The van der Waals surface area contributed by atoms with E-state index in [4.69, 9.17) is 0 Å². The summed E-state index contributed by atoms with van der Waals surface area (Å²) in [6.07, 6.45) is 2.72. The van der Waals surface area contributed by atoms with Crippen molar-refractivity contribution in [3.63, 3.8) is 0 Å². The maximum Gasteiger partial charge on any atom is -0.0420 e. The van der Waals surface area contributed by atoms with Crippen LogP contribution in [0.1, 0.15) is 68.2 Å². The van der Waals surface area contributed by atoms with Gasteiger partial charge in [0.1, 0.15) is 0 Å². The van der Waals surface area contributed by atoms with Crippen molar-refractivity contribution in [2.45, 2.75) is 68.2 Å². The van der Waals surface area contributed by atoms with Crippen molar-refractivity contribution in [2.75, 3.05) is 0 Å². The maximum atomic E-state index is 2.33. The van der Waals surface area contributed by atoms with Gasteiger partial charge in [-0.25, -0.2) is 0 Å². The molecule has 0 saturated heterocycles. The fourth-order valence-electron chi connectivity index (χ4n) is 0.789. The molecule has 78 valence electrons. The quantitative estimate of drug-likeness (QED) is 0.556. The van der Waals surface area contributed by atoms with Crippen LogP contribution in [-0.4, -0.2) is 0 Å². The van der Waals surface area contributed by atoms with E-state index in [0.717, 1.165) is 11.8 Å². The van der Waals surface area contributed by atoms with Gasteiger partial charge >= 0.3 is 0 Å². The molecule has 12 heavy (non-hydrogen) atoms. The van der Waals surface area contributed by atoms with Crippen LogP contribution < -0.4 is 0 Å². The zero-order chi connectivity index (χ0) is 10.6. The monoisotopic (exact) mass is 174 g/mol. The van der Waals surface area contributed by atoms with Crippen LogP contribution in [0.25, 0.3) is 0 Å². The minimum atomic E-state index is 0.870. The van der Waals surface area contributed by atoms with Crippen molar-refractivity contribution in [2.24, 2.45) is 11.8 Å². The Kier molecular flexibility index (Phi) is 25.7. The standard InChI is InChI=1S/C8H18.2C2H6/c1-5-6-8(4)7(2)3;2*1-2/h7-8H,5-6H2,1-4H3;2*1-2H3. The minimum Gasteiger partial charge on any atom is -0.0683 e. The molecule has 0 heteroatoms. The third-order valence-corrected chi connectivity index (χ3v) is 1.88. The van der Waals surface area contributed by atoms with E-state index in [1.165, 1.54) is 12.8 Å². The molecule has 0 N–H and O–H groups in total. The Morgan fingerprint density at radius 3 is 1.25 bits per heavy atom. The molecular formula is C12H30. The van der Waals surface area contributed by atoms with E-state index in [0.29, 0.717) is 0 Å². The molecule has 0 bridgehead atoms. The van der Waals surface area contributed by atoms with Crippen molar-refractivity contribution < 1.29 is 0 Å². The maximum absolute atomic E-state index is 2.33. The zero-order valence-electron chi connectivity index (χ0n) is 10.6. The highest BCUT2D eigenvalue weighted by molar-refractivity contribution is 4.54. The van der Waals surface area contributed by atoms with Crippen LogP contribution in [-0.2, 0) is 0 Å². The second-order valence-corrected chi connectivity index (χ2v) is 3.01. The molecular weight excluding hydrogens is 144 g/mol. The average Bonchev–Trinajstić information content (AvgIpc) is 2.12. The fraction of sp³-hybridized carbons (Fsp3) is 1.00. The highest BCUT2D eigenvalue weighted by atomic mass is 14.1. The van der Waals surface area contributed by atoms with E-state index < -0.39 is 0 Å². The molecule has 0 fully saturated rings. The second kappa shape index (κ2) is 17.2. The largest absolute Gasteiger partial charge is 0.0683 e. The lowest BCUT2D eigenvalue weighted by Gasteiger charge is -2.12. The third-order valence-electron chi connectivity index (χ3n) is 1.88. The molecule has 0 amide bonds. The van der Waals surface area contributed by atoms with Gasteiger partial charge in [-0.1, -0.05) is 68.2 Å². The van der Waals surface area contributed by atoms with E-state index in [1.54, 1.807) is 0 Å². The number of rotatable bonds is 3. The van der Waals surface area contributed by atoms with Gasteiger partial charge in [-0.05, 0) is 11.8 Å². The highest BCUT2D eigenvalue weighted by Crippen LogP contribution is 2.14. The van der Waals surface area contributed by atoms with Crippen LogP contribution in [0.3, 0.4) is 0 Å². The molecule has 0 aromatic rings. The average molecular weight is 174 g/mol. The van der Waals surface area contributed by atoms with Crippen LogP contribution in [0.4, 0.5) is 0 Å². The minimum absolute atomic E-state index is 0.870. The Balaban J connectivity index is -0.000000175. The second-order valence-electron chi connectivity index (χ2n) is 3.01. The summed E-state index contributed by atoms with van der Waals surface area (Å²) in [6, 6.07) is 0. The fourth-order valence-corrected chi connectivity index (χ4v) is 0.789. The molecule has 0 aliphatic carbocycles. The summed E-state index contributed by atoms with van der Waals surface area (Å²) in [4.78, 5) is 0. The number of hydrogen-bond donors (Lipinski definition) is 0. The molecule has 0 heterocycles. The van der Waals surface area contributed by atoms with E-state index in [1.807, 2.05) is 27.7 Å². The lowest BCUT2D eigenvalue weighted by molar-refractivity contribution is 0.389. The van der Waals surface area contributed by atoms with Gasteiger partial charge in [-0.2, -0.15) is 0 Å². The lowest BCUT2D eigenvalue weighted by atomic mass is 9.94. The Labute approximate surface area is 80.8 Å². The van der Waals surface area contributed by atoms with E-state index in [9.17, 15) is 0 Å². The van der Waals surface area contributed by atoms with Gasteiger partial charge in [0.25, 0.3) is 0 Å². The summed E-state index contributed by atoms with van der Waals surface area (Å²) in [5.74, 6) is 1.79. The summed E-state index contributed by atoms with van der Waals surface area (Å²) in [6.45, 7) is 17.2. The molecule has 0 aromatic heterocycles. The highest BCUT2D eigenvalue weighted by Gasteiger charge is 2.03. The van der Waals surface area contributed by atoms with Crippen molar-refractivity contribution >= 4 is 0 Å². The van der Waals surface area contributed by atoms with Gasteiger partial charge in [-0.3, -0.25) is 0 Å². The first-order valence-electron chi connectivity index (χ1n) is 5.68. The lowest BCUT2D eigenvalue weighted by Crippen LogP contribution is -2.02. The molecule has 0 saturated carbocycles. The van der Waals surface area contributed by atoms with Gasteiger partial charge in [0.05, 0.1) is 0 Å². The summed E-state index contributed by atoms with van der Waals surface area (Å²) >= 11 is 0. The summed E-state index contributed by atoms with van der Waals surface area (Å²) in [5.41, 5.74) is 0. The normalized spacial score (nSPS) is 10.8. The molecule has 1 unspecified atom stereocenters. The zero-order valence-corrected chi connectivity index (χ0v) is 10.6. The van der Waals surface area contributed by atoms with Gasteiger partial charge in [0.2, 0.25) is 0 Å². The van der Waals surface area contributed by atoms with Crippen molar-refractivity contribution in [3.8, 4) is 0 Å². The van der Waals surface area contributed by atoms with E-state index in [2.05, 4.69) is 27.7 Å². The molecule has 0 aromatic carbocycles. The van der Waals surface area contributed by atoms with Crippen LogP contribution in [0, 0.1) is 11.8 Å². The predicted molar refractivity (Wildman–Crippen MR) is 61.6 cm³/mol. The van der Waals surface area contributed by atoms with E-state index in [-0.39, 0.29) is 0 Å². The molecule has 0 nitrogen and oxygen atoms in total. The first kappa shape index (κ1) is 17.9. The van der Waals surface area contributed by atoms with Crippen molar-refractivity contribution in [3.05, 3.63) is 0 Å². The SMILES string of the molecule is CC.CC.CCCC(C)C(C)C. The molecule has 0 aliphatic heterocycles. The first-order chi connectivity index (χ1) is 5.68. The van der Waals surface area contributed by atoms with Crippen molar-refractivity contribution in [1.82, 2.24) is 0 Å². The Bertz CT molecular complexity index is 46.0. The van der Waals surface area contributed by atoms with E-state index >= 15 is 0 Å². The predicted octanol–water partition coefficient (Wildman–Crippen LogP) is 5.13.